The molecule has 2 aliphatic rings. The zero-order valence-corrected chi connectivity index (χ0v) is 18.4. The van der Waals surface area contributed by atoms with E-state index in [4.69, 9.17) is 17.0 Å². The first-order valence-electron chi connectivity index (χ1n) is 9.99. The van der Waals surface area contributed by atoms with Crippen molar-refractivity contribution in [2.45, 2.75) is 32.7 Å². The van der Waals surface area contributed by atoms with Crippen LogP contribution >= 0.6 is 12.2 Å². The summed E-state index contributed by atoms with van der Waals surface area (Å²) in [5, 5.41) is 3.95. The van der Waals surface area contributed by atoms with Crippen LogP contribution in [0.25, 0.3) is 0 Å². The number of ether oxygens (including phenoxy) is 1. The molecular formula is C20H31N3O3S2. The number of aryl methyl sites for hydroxylation is 2. The molecule has 1 N–H and O–H groups in total. The second-order valence-corrected chi connectivity index (χ2v) is 10.4. The van der Waals surface area contributed by atoms with Gasteiger partial charge in [0.05, 0.1) is 24.7 Å². The van der Waals surface area contributed by atoms with Crippen molar-refractivity contribution in [2.24, 2.45) is 0 Å². The van der Waals surface area contributed by atoms with Crippen molar-refractivity contribution >= 4 is 32.9 Å². The number of nitrogens with one attached hydrogen (secondary N) is 1. The van der Waals surface area contributed by atoms with Crippen LogP contribution in [-0.2, 0) is 14.6 Å². The van der Waals surface area contributed by atoms with E-state index in [1.807, 2.05) is 6.07 Å². The van der Waals surface area contributed by atoms with Crippen LogP contribution in [0.15, 0.2) is 18.2 Å². The number of anilines is 1. The van der Waals surface area contributed by atoms with Crippen LogP contribution in [0, 0.1) is 13.8 Å². The fraction of sp³-hybridized carbons (Fsp3) is 0.650. The topological polar surface area (TPSA) is 61.9 Å². The lowest BCUT2D eigenvalue weighted by Crippen LogP contribution is -2.45. The van der Waals surface area contributed by atoms with E-state index in [0.717, 1.165) is 51.5 Å². The van der Waals surface area contributed by atoms with Crippen molar-refractivity contribution in [3.05, 3.63) is 29.3 Å². The van der Waals surface area contributed by atoms with Gasteiger partial charge >= 0.3 is 0 Å². The quantitative estimate of drug-likeness (QED) is 0.701. The summed E-state index contributed by atoms with van der Waals surface area (Å²) in [6.07, 6.45) is 1.60. The molecule has 2 saturated heterocycles. The van der Waals surface area contributed by atoms with Crippen LogP contribution in [0.1, 0.15) is 24.0 Å². The van der Waals surface area contributed by atoms with Crippen LogP contribution in [0.4, 0.5) is 5.69 Å². The molecule has 2 aliphatic heterocycles. The number of thiocarbonyl (C=S) groups is 1. The Morgan fingerprint density at radius 1 is 1.29 bits per heavy atom. The predicted molar refractivity (Wildman–Crippen MR) is 118 cm³/mol. The van der Waals surface area contributed by atoms with Gasteiger partial charge in [-0.3, -0.25) is 4.90 Å². The molecule has 0 spiro atoms. The Morgan fingerprint density at radius 2 is 2.04 bits per heavy atom. The van der Waals surface area contributed by atoms with Gasteiger partial charge in [-0.2, -0.15) is 0 Å². The molecule has 1 aromatic rings. The fourth-order valence-electron chi connectivity index (χ4n) is 3.78. The van der Waals surface area contributed by atoms with E-state index < -0.39 is 9.84 Å². The van der Waals surface area contributed by atoms with Crippen molar-refractivity contribution in [1.82, 2.24) is 9.80 Å². The smallest absolute Gasteiger partial charge is 0.173 e. The standard InChI is InChI=1S/C20H31N3O3S2/c1-16-4-5-18(14-17(16)2)21-20(27)23(19-6-13-28(24,25)15-19)8-3-7-22-9-11-26-12-10-22/h4-5,14,19H,3,6-13,15H2,1-2H3,(H,21,27)/t19-/m1/s1. The van der Waals surface area contributed by atoms with Gasteiger partial charge in [0.1, 0.15) is 0 Å². The number of nitrogens with zero attached hydrogens (tertiary/aromatic N) is 2. The molecule has 8 heteroatoms. The first-order chi connectivity index (χ1) is 13.3. The molecule has 0 saturated carbocycles. The Hall–Kier alpha value is -1.22. The summed E-state index contributed by atoms with van der Waals surface area (Å²) < 4.78 is 29.4. The molecule has 28 heavy (non-hydrogen) atoms. The zero-order valence-electron chi connectivity index (χ0n) is 16.8. The van der Waals surface area contributed by atoms with Gasteiger partial charge in [0.15, 0.2) is 14.9 Å². The van der Waals surface area contributed by atoms with E-state index in [2.05, 4.69) is 41.1 Å². The molecule has 0 amide bonds. The number of rotatable bonds is 6. The molecule has 3 rings (SSSR count). The van der Waals surface area contributed by atoms with Crippen molar-refractivity contribution in [3.63, 3.8) is 0 Å². The summed E-state index contributed by atoms with van der Waals surface area (Å²) in [5.74, 6) is 0.448. The molecule has 0 radical (unpaired) electrons. The van der Waals surface area contributed by atoms with Crippen molar-refractivity contribution < 1.29 is 13.2 Å². The van der Waals surface area contributed by atoms with E-state index in [1.54, 1.807) is 0 Å². The summed E-state index contributed by atoms with van der Waals surface area (Å²) in [7, 11) is -2.96. The van der Waals surface area contributed by atoms with Gasteiger partial charge in [0.2, 0.25) is 0 Å². The second kappa shape index (κ2) is 9.52. The maximum Gasteiger partial charge on any atom is 0.173 e. The van der Waals surface area contributed by atoms with Gasteiger partial charge in [0, 0.05) is 37.9 Å². The fourth-order valence-corrected chi connectivity index (χ4v) is 5.86. The highest BCUT2D eigenvalue weighted by Gasteiger charge is 2.33. The maximum atomic E-state index is 12.0. The first-order valence-corrected chi connectivity index (χ1v) is 12.2. The summed E-state index contributed by atoms with van der Waals surface area (Å²) in [6, 6.07) is 6.13. The van der Waals surface area contributed by atoms with E-state index in [1.165, 1.54) is 11.1 Å². The lowest BCUT2D eigenvalue weighted by atomic mass is 10.1. The average Bonchev–Trinajstić information content (AvgIpc) is 3.02. The highest BCUT2D eigenvalue weighted by Crippen LogP contribution is 2.21. The monoisotopic (exact) mass is 425 g/mol. The van der Waals surface area contributed by atoms with Gasteiger partial charge in [-0.05, 0) is 62.2 Å². The van der Waals surface area contributed by atoms with Gasteiger partial charge in [-0.15, -0.1) is 0 Å². The van der Waals surface area contributed by atoms with Gasteiger partial charge < -0.3 is 15.0 Å². The highest BCUT2D eigenvalue weighted by molar-refractivity contribution is 7.91. The minimum Gasteiger partial charge on any atom is -0.379 e. The molecule has 2 fully saturated rings. The van der Waals surface area contributed by atoms with Crippen molar-refractivity contribution in [3.8, 4) is 0 Å². The lowest BCUT2D eigenvalue weighted by Gasteiger charge is -2.33. The normalized spacial score (nSPS) is 22.1. The largest absolute Gasteiger partial charge is 0.379 e. The molecule has 0 aliphatic carbocycles. The molecule has 2 heterocycles. The molecule has 0 bridgehead atoms. The van der Waals surface area contributed by atoms with E-state index in [-0.39, 0.29) is 17.5 Å². The maximum absolute atomic E-state index is 12.0. The van der Waals surface area contributed by atoms with Crippen LogP contribution in [0.3, 0.4) is 0 Å². The minimum absolute atomic E-state index is 0.0405. The van der Waals surface area contributed by atoms with Gasteiger partial charge in [0.25, 0.3) is 0 Å². The number of sulfone groups is 1. The molecule has 6 nitrogen and oxygen atoms in total. The second-order valence-electron chi connectivity index (χ2n) is 7.79. The van der Waals surface area contributed by atoms with Crippen molar-refractivity contribution in [1.29, 1.82) is 0 Å². The van der Waals surface area contributed by atoms with Crippen LogP contribution in [-0.4, -0.2) is 80.3 Å². The molecular weight excluding hydrogens is 394 g/mol. The van der Waals surface area contributed by atoms with Gasteiger partial charge in [-0.25, -0.2) is 8.42 Å². The third kappa shape index (κ3) is 5.89. The van der Waals surface area contributed by atoms with E-state index in [0.29, 0.717) is 11.5 Å². The Balaban J connectivity index is 1.64. The summed E-state index contributed by atoms with van der Waals surface area (Å²) >= 11 is 5.70. The molecule has 0 unspecified atom stereocenters. The van der Waals surface area contributed by atoms with E-state index >= 15 is 0 Å². The highest BCUT2D eigenvalue weighted by atomic mass is 32.2. The molecule has 1 aromatic carbocycles. The summed E-state index contributed by atoms with van der Waals surface area (Å²) in [6.45, 7) is 9.40. The van der Waals surface area contributed by atoms with Crippen molar-refractivity contribution in [2.75, 3.05) is 56.2 Å². The van der Waals surface area contributed by atoms with Crippen LogP contribution in [0.5, 0.6) is 0 Å². The Kier molecular flexibility index (Phi) is 7.31. The summed E-state index contributed by atoms with van der Waals surface area (Å²) in [5.41, 5.74) is 3.39. The van der Waals surface area contributed by atoms with Crippen LogP contribution in [0.2, 0.25) is 0 Å². The zero-order chi connectivity index (χ0) is 20.1. The lowest BCUT2D eigenvalue weighted by molar-refractivity contribution is 0.0366. The van der Waals surface area contributed by atoms with Crippen LogP contribution < -0.4 is 5.32 Å². The van der Waals surface area contributed by atoms with E-state index in [9.17, 15) is 8.42 Å². The number of hydrogen-bond donors (Lipinski definition) is 1. The average molecular weight is 426 g/mol. The predicted octanol–water partition coefficient (Wildman–Crippen LogP) is 2.21. The number of benzene rings is 1. The third-order valence-corrected chi connectivity index (χ3v) is 7.73. The Morgan fingerprint density at radius 3 is 2.68 bits per heavy atom. The Labute approximate surface area is 174 Å². The third-order valence-electron chi connectivity index (χ3n) is 5.65. The number of morpholine rings is 1. The SMILES string of the molecule is Cc1ccc(NC(=S)N(CCCN2CCOCC2)[C@@H]2CCS(=O)(=O)C2)cc1C. The summed E-state index contributed by atoms with van der Waals surface area (Å²) in [4.78, 5) is 4.49. The molecule has 0 aromatic heterocycles. The first kappa shape index (κ1) is 21.5. The molecule has 1 atom stereocenters. The Bertz CT molecular complexity index is 792. The van der Waals surface area contributed by atoms with Gasteiger partial charge in [-0.1, -0.05) is 6.07 Å². The minimum atomic E-state index is -2.96. The molecule has 156 valence electrons. The number of hydrogen-bond acceptors (Lipinski definition) is 5.